The van der Waals surface area contributed by atoms with Gasteiger partial charge >= 0.3 is 0 Å². The lowest BCUT2D eigenvalue weighted by molar-refractivity contribution is 0.317. The Bertz CT molecular complexity index is 627. The SMILES string of the molecule is Cc1cnc(C)c(N(CCC(N)=NO)c2ccccc2)n1. The highest BCUT2D eigenvalue weighted by Gasteiger charge is 2.14. The third kappa shape index (κ3) is 3.68. The molecule has 1 aromatic heterocycles. The lowest BCUT2D eigenvalue weighted by Gasteiger charge is -2.25. The van der Waals surface area contributed by atoms with E-state index in [1.807, 2.05) is 49.1 Å². The van der Waals surface area contributed by atoms with Gasteiger partial charge in [0.1, 0.15) is 5.84 Å². The number of nitrogens with two attached hydrogens (primary N) is 1. The molecule has 110 valence electrons. The van der Waals surface area contributed by atoms with E-state index in [-0.39, 0.29) is 5.84 Å². The molecule has 1 heterocycles. The summed E-state index contributed by atoms with van der Waals surface area (Å²) in [5, 5.41) is 11.7. The molecule has 0 saturated heterocycles. The summed E-state index contributed by atoms with van der Waals surface area (Å²) in [5.74, 6) is 0.973. The number of aromatic nitrogens is 2. The van der Waals surface area contributed by atoms with Gasteiger partial charge in [0, 0.05) is 24.8 Å². The Morgan fingerprint density at radius 3 is 2.67 bits per heavy atom. The van der Waals surface area contributed by atoms with Gasteiger partial charge < -0.3 is 15.8 Å². The van der Waals surface area contributed by atoms with E-state index in [0.717, 1.165) is 22.9 Å². The molecule has 0 fully saturated rings. The van der Waals surface area contributed by atoms with Crippen LogP contribution in [0.2, 0.25) is 0 Å². The summed E-state index contributed by atoms with van der Waals surface area (Å²) in [6.07, 6.45) is 2.17. The molecule has 0 amide bonds. The van der Waals surface area contributed by atoms with Gasteiger partial charge in [-0.15, -0.1) is 0 Å². The van der Waals surface area contributed by atoms with Crippen molar-refractivity contribution in [1.29, 1.82) is 0 Å². The smallest absolute Gasteiger partial charge is 0.154 e. The second-order valence-corrected chi connectivity index (χ2v) is 4.75. The molecule has 0 spiro atoms. The molecular formula is C15H19N5O. The van der Waals surface area contributed by atoms with Gasteiger partial charge in [0.25, 0.3) is 0 Å². The lowest BCUT2D eigenvalue weighted by atomic mass is 10.2. The molecule has 0 aliphatic carbocycles. The van der Waals surface area contributed by atoms with Gasteiger partial charge in [0.2, 0.25) is 0 Å². The Balaban J connectivity index is 2.38. The molecular weight excluding hydrogens is 266 g/mol. The van der Waals surface area contributed by atoms with Crippen molar-refractivity contribution >= 4 is 17.3 Å². The highest BCUT2D eigenvalue weighted by molar-refractivity contribution is 5.80. The van der Waals surface area contributed by atoms with Crippen LogP contribution in [0.25, 0.3) is 0 Å². The second kappa shape index (κ2) is 6.69. The monoisotopic (exact) mass is 285 g/mol. The van der Waals surface area contributed by atoms with Crippen molar-refractivity contribution in [2.45, 2.75) is 20.3 Å². The van der Waals surface area contributed by atoms with Crippen LogP contribution in [0.3, 0.4) is 0 Å². The lowest BCUT2D eigenvalue weighted by Crippen LogP contribution is -2.26. The summed E-state index contributed by atoms with van der Waals surface area (Å²) < 4.78 is 0. The Labute approximate surface area is 123 Å². The Hall–Kier alpha value is -2.63. The zero-order valence-electron chi connectivity index (χ0n) is 12.2. The first-order valence-electron chi connectivity index (χ1n) is 6.71. The Kier molecular flexibility index (Phi) is 4.71. The topological polar surface area (TPSA) is 87.6 Å². The number of aryl methyl sites for hydroxylation is 2. The number of nitrogens with zero attached hydrogens (tertiary/aromatic N) is 4. The van der Waals surface area contributed by atoms with Crippen LogP contribution >= 0.6 is 0 Å². The zero-order valence-corrected chi connectivity index (χ0v) is 12.2. The summed E-state index contributed by atoms with van der Waals surface area (Å²) in [7, 11) is 0. The highest BCUT2D eigenvalue weighted by atomic mass is 16.4. The van der Waals surface area contributed by atoms with Gasteiger partial charge in [0.15, 0.2) is 5.82 Å². The molecule has 0 bridgehead atoms. The summed E-state index contributed by atoms with van der Waals surface area (Å²) in [5.41, 5.74) is 8.26. The number of para-hydroxylation sites is 1. The summed E-state index contributed by atoms with van der Waals surface area (Å²) >= 11 is 0. The van der Waals surface area contributed by atoms with Gasteiger partial charge in [-0.05, 0) is 26.0 Å². The fraction of sp³-hybridized carbons (Fsp3) is 0.267. The molecule has 1 aromatic carbocycles. The minimum absolute atomic E-state index is 0.189. The van der Waals surface area contributed by atoms with Crippen LogP contribution in [-0.4, -0.2) is 27.6 Å². The minimum atomic E-state index is 0.189. The maximum atomic E-state index is 8.70. The Morgan fingerprint density at radius 2 is 2.00 bits per heavy atom. The van der Waals surface area contributed by atoms with E-state index in [2.05, 4.69) is 15.1 Å². The van der Waals surface area contributed by atoms with Gasteiger partial charge in [-0.25, -0.2) is 4.98 Å². The number of anilines is 2. The molecule has 0 unspecified atom stereocenters. The van der Waals surface area contributed by atoms with Crippen molar-refractivity contribution in [3.05, 3.63) is 47.9 Å². The van der Waals surface area contributed by atoms with Crippen molar-refractivity contribution in [3.63, 3.8) is 0 Å². The maximum absolute atomic E-state index is 8.70. The first-order chi connectivity index (χ1) is 10.1. The largest absolute Gasteiger partial charge is 0.409 e. The molecule has 6 nitrogen and oxygen atoms in total. The van der Waals surface area contributed by atoms with Gasteiger partial charge in [-0.1, -0.05) is 23.4 Å². The van der Waals surface area contributed by atoms with E-state index < -0.39 is 0 Å². The molecule has 0 saturated carbocycles. The first kappa shape index (κ1) is 14.8. The minimum Gasteiger partial charge on any atom is -0.409 e. The van der Waals surface area contributed by atoms with Crippen molar-refractivity contribution in [1.82, 2.24) is 9.97 Å². The molecule has 3 N–H and O–H groups in total. The third-order valence-corrected chi connectivity index (χ3v) is 3.09. The number of amidine groups is 1. The van der Waals surface area contributed by atoms with E-state index in [0.29, 0.717) is 13.0 Å². The average molecular weight is 285 g/mol. The van der Waals surface area contributed by atoms with E-state index >= 15 is 0 Å². The van der Waals surface area contributed by atoms with E-state index in [1.54, 1.807) is 6.20 Å². The summed E-state index contributed by atoms with van der Waals surface area (Å²) in [4.78, 5) is 11.0. The number of hydrogen-bond acceptors (Lipinski definition) is 5. The first-order valence-corrected chi connectivity index (χ1v) is 6.71. The highest BCUT2D eigenvalue weighted by Crippen LogP contribution is 2.25. The van der Waals surface area contributed by atoms with Crippen molar-refractivity contribution < 1.29 is 5.21 Å². The van der Waals surface area contributed by atoms with Crippen LogP contribution in [-0.2, 0) is 0 Å². The quantitative estimate of drug-likeness (QED) is 0.381. The maximum Gasteiger partial charge on any atom is 0.154 e. The third-order valence-electron chi connectivity index (χ3n) is 3.09. The summed E-state index contributed by atoms with van der Waals surface area (Å²) in [6, 6.07) is 9.88. The molecule has 0 aliphatic rings. The predicted octanol–water partition coefficient (Wildman–Crippen LogP) is 2.37. The van der Waals surface area contributed by atoms with Crippen LogP contribution in [0.15, 0.2) is 41.7 Å². The van der Waals surface area contributed by atoms with Crippen molar-refractivity contribution in [2.24, 2.45) is 10.9 Å². The number of hydrogen-bond donors (Lipinski definition) is 2. The van der Waals surface area contributed by atoms with E-state index in [4.69, 9.17) is 10.9 Å². The summed E-state index contributed by atoms with van der Waals surface area (Å²) in [6.45, 7) is 4.38. The fourth-order valence-corrected chi connectivity index (χ4v) is 2.02. The van der Waals surface area contributed by atoms with Crippen LogP contribution < -0.4 is 10.6 Å². The molecule has 21 heavy (non-hydrogen) atoms. The van der Waals surface area contributed by atoms with E-state index in [1.165, 1.54) is 0 Å². The number of rotatable bonds is 5. The number of oxime groups is 1. The van der Waals surface area contributed by atoms with Crippen molar-refractivity contribution in [3.8, 4) is 0 Å². The normalized spacial score (nSPS) is 11.4. The standard InChI is InChI=1S/C15H19N5O/c1-11-10-17-12(2)15(18-11)20(9-8-14(16)19-21)13-6-4-3-5-7-13/h3-7,10,21H,8-9H2,1-2H3,(H2,16,19). The van der Waals surface area contributed by atoms with Crippen LogP contribution in [0.5, 0.6) is 0 Å². The predicted molar refractivity (Wildman–Crippen MR) is 83.0 cm³/mol. The van der Waals surface area contributed by atoms with E-state index in [9.17, 15) is 0 Å². The van der Waals surface area contributed by atoms with Gasteiger partial charge in [0.05, 0.1) is 11.4 Å². The molecule has 0 aliphatic heterocycles. The fourth-order valence-electron chi connectivity index (χ4n) is 2.02. The molecule has 2 rings (SSSR count). The van der Waals surface area contributed by atoms with Crippen LogP contribution in [0, 0.1) is 13.8 Å². The van der Waals surface area contributed by atoms with Crippen molar-refractivity contribution in [2.75, 3.05) is 11.4 Å². The molecule has 0 atom stereocenters. The van der Waals surface area contributed by atoms with Crippen LogP contribution in [0.1, 0.15) is 17.8 Å². The molecule has 0 radical (unpaired) electrons. The second-order valence-electron chi connectivity index (χ2n) is 4.75. The zero-order chi connectivity index (χ0) is 15.2. The van der Waals surface area contributed by atoms with Gasteiger partial charge in [-0.3, -0.25) is 4.98 Å². The number of benzene rings is 1. The Morgan fingerprint density at radius 1 is 1.29 bits per heavy atom. The average Bonchev–Trinajstić information content (AvgIpc) is 2.51. The van der Waals surface area contributed by atoms with Gasteiger partial charge in [-0.2, -0.15) is 0 Å². The molecule has 6 heteroatoms. The van der Waals surface area contributed by atoms with Crippen LogP contribution in [0.4, 0.5) is 11.5 Å². The molecule has 2 aromatic rings.